The molecule has 0 aliphatic rings. The number of nitrogens with one attached hydrogen (secondary N) is 1. The Kier molecular flexibility index (Phi) is 4.29. The van der Waals surface area contributed by atoms with E-state index in [1.807, 2.05) is 6.07 Å². The number of hydrogen-bond donors (Lipinski definition) is 2. The van der Waals surface area contributed by atoms with Crippen LogP contribution in [0.2, 0.25) is 0 Å². The molecule has 0 radical (unpaired) electrons. The van der Waals surface area contributed by atoms with Crippen molar-refractivity contribution >= 4 is 11.6 Å². The molecular weight excluding hydrogens is 285 g/mol. The molecule has 1 atom stereocenters. The van der Waals surface area contributed by atoms with Crippen LogP contribution in [0.15, 0.2) is 36.7 Å². The lowest BCUT2D eigenvalue weighted by Crippen LogP contribution is -2.43. The van der Waals surface area contributed by atoms with Crippen molar-refractivity contribution in [1.29, 1.82) is 5.26 Å². The first-order chi connectivity index (χ1) is 10.3. The van der Waals surface area contributed by atoms with Gasteiger partial charge >= 0.3 is 0 Å². The summed E-state index contributed by atoms with van der Waals surface area (Å²) >= 11 is 0. The molecule has 0 fully saturated rings. The van der Waals surface area contributed by atoms with Gasteiger partial charge in [-0.25, -0.2) is 4.39 Å². The summed E-state index contributed by atoms with van der Waals surface area (Å²) in [6.07, 6.45) is 2.65. The van der Waals surface area contributed by atoms with Gasteiger partial charge in [0.2, 0.25) is 0 Å². The summed E-state index contributed by atoms with van der Waals surface area (Å²) in [4.78, 5) is 12.2. The molecule has 22 heavy (non-hydrogen) atoms. The number of nitrogens with zero attached hydrogens (tertiary/aromatic N) is 2. The van der Waals surface area contributed by atoms with Gasteiger partial charge < -0.3 is 15.0 Å². The van der Waals surface area contributed by atoms with Crippen LogP contribution in [-0.2, 0) is 11.3 Å². The Morgan fingerprint density at radius 2 is 2.23 bits per heavy atom. The van der Waals surface area contributed by atoms with E-state index in [1.54, 1.807) is 25.1 Å². The van der Waals surface area contributed by atoms with Crippen molar-refractivity contribution in [1.82, 2.24) is 4.57 Å². The predicted octanol–water partition coefficient (Wildman–Crippen LogP) is 2.20. The van der Waals surface area contributed by atoms with Gasteiger partial charge in [-0.1, -0.05) is 0 Å². The molecule has 0 aliphatic carbocycles. The number of aromatic nitrogens is 1. The van der Waals surface area contributed by atoms with Crippen molar-refractivity contribution in [2.45, 2.75) is 26.0 Å². The minimum absolute atomic E-state index is 0.0714. The van der Waals surface area contributed by atoms with E-state index in [-0.39, 0.29) is 6.54 Å². The maximum absolute atomic E-state index is 12.9. The third-order valence-electron chi connectivity index (χ3n) is 3.30. The van der Waals surface area contributed by atoms with Crippen LogP contribution in [0.3, 0.4) is 0 Å². The number of hydrogen-bond acceptors (Lipinski definition) is 3. The Morgan fingerprint density at radius 3 is 2.77 bits per heavy atom. The zero-order chi connectivity index (χ0) is 16.3. The molecule has 2 aromatic rings. The smallest absolute Gasteiger partial charge is 0.257 e. The first kappa shape index (κ1) is 15.7. The summed E-state index contributed by atoms with van der Waals surface area (Å²) in [6.45, 7) is 3.05. The quantitative estimate of drug-likeness (QED) is 0.908. The monoisotopic (exact) mass is 301 g/mol. The Labute approximate surface area is 127 Å². The topological polar surface area (TPSA) is 78.0 Å². The molecule has 0 saturated carbocycles. The Morgan fingerprint density at radius 1 is 1.50 bits per heavy atom. The Hall–Kier alpha value is -2.65. The number of aliphatic hydroxyl groups is 1. The van der Waals surface area contributed by atoms with Crippen LogP contribution in [0, 0.1) is 24.1 Å². The van der Waals surface area contributed by atoms with E-state index >= 15 is 0 Å². The van der Waals surface area contributed by atoms with Gasteiger partial charge in [0.15, 0.2) is 5.60 Å². The molecule has 1 unspecified atom stereocenters. The van der Waals surface area contributed by atoms with E-state index in [9.17, 15) is 14.3 Å². The van der Waals surface area contributed by atoms with Gasteiger partial charge in [-0.3, -0.25) is 4.79 Å². The fourth-order valence-corrected chi connectivity index (χ4v) is 2.07. The van der Waals surface area contributed by atoms with Gasteiger partial charge in [0, 0.05) is 18.1 Å². The number of anilines is 1. The number of benzene rings is 1. The van der Waals surface area contributed by atoms with Crippen LogP contribution >= 0.6 is 0 Å². The van der Waals surface area contributed by atoms with Gasteiger partial charge in [-0.15, -0.1) is 0 Å². The summed E-state index contributed by atoms with van der Waals surface area (Å²) in [5.41, 5.74) is 0.0354. The first-order valence-electron chi connectivity index (χ1n) is 6.68. The van der Waals surface area contributed by atoms with Gasteiger partial charge in [0.25, 0.3) is 5.91 Å². The van der Waals surface area contributed by atoms with Crippen molar-refractivity contribution in [3.63, 3.8) is 0 Å². The first-order valence-corrected chi connectivity index (χ1v) is 6.68. The van der Waals surface area contributed by atoms with Gasteiger partial charge in [0.1, 0.15) is 5.82 Å². The molecule has 2 rings (SSSR count). The molecule has 5 nitrogen and oxygen atoms in total. The molecule has 0 spiro atoms. The highest BCUT2D eigenvalue weighted by Crippen LogP contribution is 2.17. The van der Waals surface area contributed by atoms with Crippen LogP contribution in [0.1, 0.15) is 18.1 Å². The van der Waals surface area contributed by atoms with E-state index in [0.29, 0.717) is 11.3 Å². The number of carbonyl (C=O) groups is 1. The third kappa shape index (κ3) is 3.51. The second-order valence-electron chi connectivity index (χ2n) is 5.37. The van der Waals surface area contributed by atoms with Crippen LogP contribution in [0.4, 0.5) is 10.1 Å². The van der Waals surface area contributed by atoms with Gasteiger partial charge in [-0.05, 0) is 43.7 Å². The Balaban J connectivity index is 2.10. The predicted molar refractivity (Wildman–Crippen MR) is 79.5 cm³/mol. The minimum atomic E-state index is -1.70. The zero-order valence-corrected chi connectivity index (χ0v) is 12.3. The van der Waals surface area contributed by atoms with Crippen molar-refractivity contribution in [2.24, 2.45) is 0 Å². The van der Waals surface area contributed by atoms with Crippen molar-refractivity contribution < 1.29 is 14.3 Å². The van der Waals surface area contributed by atoms with E-state index in [2.05, 4.69) is 5.32 Å². The van der Waals surface area contributed by atoms with Crippen LogP contribution < -0.4 is 5.32 Å². The van der Waals surface area contributed by atoms with Crippen LogP contribution in [0.25, 0.3) is 0 Å². The van der Waals surface area contributed by atoms with E-state index in [1.165, 1.54) is 30.0 Å². The molecular formula is C16H16FN3O2. The molecule has 0 bridgehead atoms. The molecule has 6 heteroatoms. The summed E-state index contributed by atoms with van der Waals surface area (Å²) in [7, 11) is 0. The number of carbonyl (C=O) groups excluding carboxylic acids is 1. The maximum atomic E-state index is 12.9. The van der Waals surface area contributed by atoms with E-state index in [0.717, 1.165) is 5.56 Å². The molecule has 1 amide bonds. The molecule has 1 aromatic heterocycles. The molecule has 1 heterocycles. The van der Waals surface area contributed by atoms with E-state index in [4.69, 9.17) is 5.26 Å². The highest BCUT2D eigenvalue weighted by Gasteiger charge is 2.31. The van der Waals surface area contributed by atoms with Gasteiger partial charge in [-0.2, -0.15) is 5.26 Å². The lowest BCUT2D eigenvalue weighted by Gasteiger charge is -2.23. The number of halogens is 1. The minimum Gasteiger partial charge on any atom is -0.378 e. The van der Waals surface area contributed by atoms with E-state index < -0.39 is 17.3 Å². The Bertz CT molecular complexity index is 744. The summed E-state index contributed by atoms with van der Waals surface area (Å²) in [6, 6.07) is 8.13. The lowest BCUT2D eigenvalue weighted by molar-refractivity contribution is -0.133. The second-order valence-corrected chi connectivity index (χ2v) is 5.37. The van der Waals surface area contributed by atoms with Crippen molar-refractivity contribution in [3.8, 4) is 6.07 Å². The molecule has 0 aliphatic heterocycles. The number of rotatable bonds is 4. The molecule has 114 valence electrons. The normalized spacial score (nSPS) is 13.2. The average Bonchev–Trinajstić information content (AvgIpc) is 2.83. The second kappa shape index (κ2) is 6.00. The molecule has 2 N–H and O–H groups in total. The third-order valence-corrected chi connectivity index (χ3v) is 3.30. The zero-order valence-electron chi connectivity index (χ0n) is 12.3. The van der Waals surface area contributed by atoms with Crippen molar-refractivity contribution in [2.75, 3.05) is 5.32 Å². The maximum Gasteiger partial charge on any atom is 0.257 e. The number of nitriles is 1. The molecule has 0 saturated heterocycles. The SMILES string of the molecule is Cc1cc(NC(=O)C(C)(O)Cn2ccc(F)c2)ccc1C#N. The lowest BCUT2D eigenvalue weighted by atomic mass is 10.1. The number of aryl methyl sites for hydroxylation is 1. The number of amides is 1. The highest BCUT2D eigenvalue weighted by atomic mass is 19.1. The van der Waals surface area contributed by atoms with Crippen LogP contribution in [0.5, 0.6) is 0 Å². The standard InChI is InChI=1S/C16H16FN3O2/c1-11-7-14(4-3-12(11)8-18)19-15(21)16(2,22)10-20-6-5-13(17)9-20/h3-7,9,22H,10H2,1-2H3,(H,19,21). The summed E-state index contributed by atoms with van der Waals surface area (Å²) in [5, 5.41) is 21.7. The largest absolute Gasteiger partial charge is 0.378 e. The fourth-order valence-electron chi connectivity index (χ4n) is 2.07. The van der Waals surface area contributed by atoms with Gasteiger partial charge in [0.05, 0.1) is 18.2 Å². The fraction of sp³-hybridized carbons (Fsp3) is 0.250. The van der Waals surface area contributed by atoms with Crippen LogP contribution in [-0.4, -0.2) is 21.2 Å². The highest BCUT2D eigenvalue weighted by molar-refractivity contribution is 5.96. The van der Waals surface area contributed by atoms with Crippen molar-refractivity contribution in [3.05, 3.63) is 53.6 Å². The molecule has 1 aromatic carbocycles. The average molecular weight is 301 g/mol. The summed E-state index contributed by atoms with van der Waals surface area (Å²) < 4.78 is 14.3. The summed E-state index contributed by atoms with van der Waals surface area (Å²) in [5.74, 6) is -1.04.